The van der Waals surface area contributed by atoms with Gasteiger partial charge in [0.05, 0.1) is 11.3 Å². The van der Waals surface area contributed by atoms with Crippen molar-refractivity contribution in [3.63, 3.8) is 0 Å². The van der Waals surface area contributed by atoms with E-state index in [1.807, 2.05) is 24.3 Å². The van der Waals surface area contributed by atoms with Gasteiger partial charge in [0.2, 0.25) is 5.91 Å². The van der Waals surface area contributed by atoms with E-state index in [4.69, 9.17) is 0 Å². The van der Waals surface area contributed by atoms with Crippen molar-refractivity contribution < 1.29 is 9.59 Å². The van der Waals surface area contributed by atoms with E-state index >= 15 is 0 Å². The normalized spacial score (nSPS) is 28.7. The summed E-state index contributed by atoms with van der Waals surface area (Å²) < 4.78 is 0. The molecule has 4 fully saturated rings. The van der Waals surface area contributed by atoms with E-state index in [1.54, 1.807) is 17.1 Å². The van der Waals surface area contributed by atoms with Crippen molar-refractivity contribution >= 4 is 23.6 Å². The van der Waals surface area contributed by atoms with Crippen LogP contribution in [0.25, 0.3) is 0 Å². The molecule has 0 aliphatic heterocycles. The molecule has 5 heteroatoms. The fraction of sp³-hybridized carbons (Fsp3) is 0.520. The summed E-state index contributed by atoms with van der Waals surface area (Å²) in [5.41, 5.74) is 0.667. The summed E-state index contributed by atoms with van der Waals surface area (Å²) in [6, 6.07) is 7.55. The Hall–Kier alpha value is -2.01. The smallest absolute Gasteiger partial charge is 0.255 e. The maximum atomic E-state index is 13.0. The number of hydrogen-bond acceptors (Lipinski definition) is 3. The zero-order valence-electron chi connectivity index (χ0n) is 17.6. The molecule has 4 aliphatic rings. The van der Waals surface area contributed by atoms with Crippen LogP contribution in [0.2, 0.25) is 0 Å². The molecule has 1 N–H and O–H groups in total. The van der Waals surface area contributed by atoms with Gasteiger partial charge >= 0.3 is 0 Å². The topological polar surface area (TPSA) is 49.4 Å². The number of benzene rings is 1. The Kier molecular flexibility index (Phi) is 6.37. The van der Waals surface area contributed by atoms with Crippen LogP contribution in [0.1, 0.15) is 48.9 Å². The van der Waals surface area contributed by atoms with Crippen LogP contribution in [-0.4, -0.2) is 41.1 Å². The van der Waals surface area contributed by atoms with Gasteiger partial charge in [0.15, 0.2) is 0 Å². The molecule has 0 radical (unpaired) electrons. The molecule has 4 saturated carbocycles. The van der Waals surface area contributed by atoms with Crippen molar-refractivity contribution in [2.75, 3.05) is 18.8 Å². The molecule has 160 valence electrons. The third kappa shape index (κ3) is 4.51. The molecule has 4 nitrogen and oxygen atoms in total. The first-order valence-electron chi connectivity index (χ1n) is 11.1. The highest BCUT2D eigenvalue weighted by Crippen LogP contribution is 2.55. The number of hydrogen-bond donors (Lipinski definition) is 1. The third-order valence-electron chi connectivity index (χ3n) is 6.91. The molecular weight excluding hydrogens is 392 g/mol. The first-order chi connectivity index (χ1) is 14.5. The van der Waals surface area contributed by atoms with Gasteiger partial charge in [-0.05, 0) is 68.4 Å². The van der Waals surface area contributed by atoms with E-state index in [0.717, 1.165) is 41.9 Å². The lowest BCUT2D eigenvalue weighted by Crippen LogP contribution is -2.60. The number of carbonyl (C=O) groups is 2. The van der Waals surface area contributed by atoms with E-state index in [1.165, 1.54) is 31.0 Å². The standard InChI is InChI=1S/C25H32N2O2S/c1-3-9-27(10-4-2)24(29)21-7-5-6-8-22(21)30-17-23(28)26-25-14-18-11-19(15-25)13-20(12-18)16-25/h3-8,18-20H,1-2,9-17H2,(H,26,28). The first-order valence-corrected chi connectivity index (χ1v) is 12.0. The van der Waals surface area contributed by atoms with Crippen LogP contribution in [0, 0.1) is 17.8 Å². The molecule has 5 rings (SSSR count). The molecule has 4 aliphatic carbocycles. The van der Waals surface area contributed by atoms with Gasteiger partial charge in [-0.25, -0.2) is 0 Å². The maximum absolute atomic E-state index is 13.0. The van der Waals surface area contributed by atoms with Crippen molar-refractivity contribution in [2.45, 2.75) is 49.0 Å². The van der Waals surface area contributed by atoms with Crippen molar-refractivity contribution in [1.29, 1.82) is 0 Å². The third-order valence-corrected chi connectivity index (χ3v) is 7.98. The van der Waals surface area contributed by atoms with Crippen LogP contribution < -0.4 is 5.32 Å². The lowest BCUT2D eigenvalue weighted by atomic mass is 9.53. The summed E-state index contributed by atoms with van der Waals surface area (Å²) in [6.45, 7) is 8.42. The number of carbonyl (C=O) groups excluding carboxylic acids is 2. The fourth-order valence-electron chi connectivity index (χ4n) is 6.23. The Balaban J connectivity index is 1.39. The molecule has 1 aromatic rings. The van der Waals surface area contributed by atoms with Crippen LogP contribution in [0.4, 0.5) is 0 Å². The minimum Gasteiger partial charge on any atom is -0.350 e. The molecular formula is C25H32N2O2S. The van der Waals surface area contributed by atoms with Crippen LogP contribution in [0.5, 0.6) is 0 Å². The highest BCUT2D eigenvalue weighted by molar-refractivity contribution is 8.00. The first kappa shape index (κ1) is 21.2. The number of amides is 2. The van der Waals surface area contributed by atoms with Crippen LogP contribution >= 0.6 is 11.8 Å². The van der Waals surface area contributed by atoms with Gasteiger partial charge in [-0.3, -0.25) is 9.59 Å². The summed E-state index contributed by atoms with van der Waals surface area (Å²) in [6.07, 6.45) is 11.0. The Labute approximate surface area is 184 Å². The number of thioether (sulfide) groups is 1. The minimum absolute atomic E-state index is 0.0342. The largest absolute Gasteiger partial charge is 0.350 e. The molecule has 0 saturated heterocycles. The Bertz CT molecular complexity index is 789. The Morgan fingerprint density at radius 3 is 2.17 bits per heavy atom. The summed E-state index contributed by atoms with van der Waals surface area (Å²) in [5, 5.41) is 3.43. The molecule has 2 amide bonds. The summed E-state index contributed by atoms with van der Waals surface area (Å²) in [5.74, 6) is 2.81. The zero-order chi connectivity index (χ0) is 21.1. The van der Waals surface area contributed by atoms with Gasteiger partial charge < -0.3 is 10.2 Å². The van der Waals surface area contributed by atoms with E-state index in [9.17, 15) is 9.59 Å². The lowest BCUT2D eigenvalue weighted by Gasteiger charge is -2.56. The number of nitrogens with one attached hydrogen (secondary N) is 1. The second-order valence-electron chi connectivity index (χ2n) is 9.32. The van der Waals surface area contributed by atoms with Crippen LogP contribution in [-0.2, 0) is 4.79 Å². The second kappa shape index (κ2) is 9.01. The molecule has 4 bridgehead atoms. The SMILES string of the molecule is C=CCN(CC=C)C(=O)c1ccccc1SCC(=O)NC12CC3CC(CC(C3)C1)C2. The maximum Gasteiger partial charge on any atom is 0.255 e. The highest BCUT2D eigenvalue weighted by Gasteiger charge is 2.51. The summed E-state index contributed by atoms with van der Waals surface area (Å²) >= 11 is 1.45. The average molecular weight is 425 g/mol. The van der Waals surface area contributed by atoms with E-state index in [0.29, 0.717) is 24.4 Å². The van der Waals surface area contributed by atoms with E-state index < -0.39 is 0 Å². The van der Waals surface area contributed by atoms with Crippen molar-refractivity contribution in [3.8, 4) is 0 Å². The van der Waals surface area contributed by atoms with Gasteiger partial charge in [0.25, 0.3) is 5.91 Å². The summed E-state index contributed by atoms with van der Waals surface area (Å²) in [4.78, 5) is 28.4. The molecule has 0 heterocycles. The quantitative estimate of drug-likeness (QED) is 0.463. The number of rotatable bonds is 9. The van der Waals surface area contributed by atoms with Gasteiger partial charge in [-0.1, -0.05) is 24.3 Å². The average Bonchev–Trinajstić information content (AvgIpc) is 2.70. The molecule has 0 spiro atoms. The van der Waals surface area contributed by atoms with Crippen LogP contribution in [0.3, 0.4) is 0 Å². The summed E-state index contributed by atoms with van der Waals surface area (Å²) in [7, 11) is 0. The fourth-order valence-corrected chi connectivity index (χ4v) is 7.07. The predicted molar refractivity (Wildman–Crippen MR) is 123 cm³/mol. The Morgan fingerprint density at radius 1 is 1.03 bits per heavy atom. The highest BCUT2D eigenvalue weighted by atomic mass is 32.2. The van der Waals surface area contributed by atoms with Crippen molar-refractivity contribution in [3.05, 3.63) is 55.1 Å². The molecule has 30 heavy (non-hydrogen) atoms. The molecule has 1 aromatic carbocycles. The van der Waals surface area contributed by atoms with E-state index in [-0.39, 0.29) is 17.4 Å². The van der Waals surface area contributed by atoms with Crippen molar-refractivity contribution in [2.24, 2.45) is 17.8 Å². The monoisotopic (exact) mass is 424 g/mol. The predicted octanol–water partition coefficient (Wildman–Crippen LogP) is 4.68. The van der Waals surface area contributed by atoms with Gasteiger partial charge in [0.1, 0.15) is 0 Å². The zero-order valence-corrected chi connectivity index (χ0v) is 18.5. The molecule has 0 unspecified atom stereocenters. The lowest BCUT2D eigenvalue weighted by molar-refractivity contribution is -0.124. The second-order valence-corrected chi connectivity index (χ2v) is 10.3. The van der Waals surface area contributed by atoms with Gasteiger partial charge in [0, 0.05) is 23.5 Å². The van der Waals surface area contributed by atoms with E-state index in [2.05, 4.69) is 18.5 Å². The molecule has 0 atom stereocenters. The van der Waals surface area contributed by atoms with Crippen molar-refractivity contribution in [1.82, 2.24) is 10.2 Å². The minimum atomic E-state index is -0.0561. The molecule has 0 aromatic heterocycles. The van der Waals surface area contributed by atoms with Gasteiger partial charge in [-0.2, -0.15) is 0 Å². The number of nitrogens with zero attached hydrogens (tertiary/aromatic N) is 1. The van der Waals surface area contributed by atoms with Gasteiger partial charge in [-0.15, -0.1) is 24.9 Å². The van der Waals surface area contributed by atoms with Crippen LogP contribution in [0.15, 0.2) is 54.5 Å². The Morgan fingerprint density at radius 2 is 1.60 bits per heavy atom.